The van der Waals surface area contributed by atoms with Crippen LogP contribution in [0.1, 0.15) is 6.92 Å². The van der Waals surface area contributed by atoms with Gasteiger partial charge in [0.15, 0.2) is 11.6 Å². The van der Waals surface area contributed by atoms with Crippen molar-refractivity contribution in [2.24, 2.45) is 0 Å². The van der Waals surface area contributed by atoms with Crippen LogP contribution in [-0.4, -0.2) is 32.9 Å². The van der Waals surface area contributed by atoms with Crippen LogP contribution >= 0.6 is 0 Å². The van der Waals surface area contributed by atoms with Crippen molar-refractivity contribution in [3.05, 3.63) is 29.8 Å². The topological polar surface area (TPSA) is 30.5 Å². The lowest BCUT2D eigenvalue weighted by atomic mass is 10.3. The number of ether oxygens (including phenoxy) is 2. The average molecular weight is 245 g/mol. The van der Waals surface area contributed by atoms with E-state index in [1.165, 1.54) is 0 Å². The van der Waals surface area contributed by atoms with Gasteiger partial charge in [-0.05, 0) is 19.1 Å². The smallest absolute Gasteiger partial charge is 0.165 e. The number of methoxy groups -OCH3 is 1. The van der Waals surface area contributed by atoms with Gasteiger partial charge >= 0.3 is 0 Å². The third kappa shape index (κ3) is 5.10. The van der Waals surface area contributed by atoms with E-state index in [2.05, 4.69) is 5.32 Å². The molecular weight excluding hydrogens is 228 g/mol. The normalized spacial score (nSPS) is 12.5. The van der Waals surface area contributed by atoms with E-state index in [0.717, 1.165) is 18.2 Å². The molecule has 0 aliphatic heterocycles. The van der Waals surface area contributed by atoms with Gasteiger partial charge in [0.25, 0.3) is 0 Å². The second kappa shape index (κ2) is 7.19. The molecule has 3 nitrogen and oxygen atoms in total. The van der Waals surface area contributed by atoms with Crippen LogP contribution in [-0.2, 0) is 4.74 Å². The lowest BCUT2D eigenvalue weighted by Gasteiger charge is -2.15. The molecule has 1 N–H and O–H groups in total. The summed E-state index contributed by atoms with van der Waals surface area (Å²) in [7, 11) is 1.61. The SMILES string of the molecule is COCCNCC(C)Oc1cc(F)ccc1F. The molecule has 1 unspecified atom stereocenters. The monoisotopic (exact) mass is 245 g/mol. The van der Waals surface area contributed by atoms with Crippen molar-refractivity contribution in [3.63, 3.8) is 0 Å². The molecule has 0 spiro atoms. The van der Waals surface area contributed by atoms with Crippen LogP contribution in [0.15, 0.2) is 18.2 Å². The van der Waals surface area contributed by atoms with Crippen LogP contribution < -0.4 is 10.1 Å². The Morgan fingerprint density at radius 3 is 2.82 bits per heavy atom. The summed E-state index contributed by atoms with van der Waals surface area (Å²) < 4.78 is 36.3. The van der Waals surface area contributed by atoms with Crippen molar-refractivity contribution in [2.75, 3.05) is 26.8 Å². The Morgan fingerprint density at radius 2 is 2.12 bits per heavy atom. The molecule has 1 aromatic rings. The molecule has 0 saturated carbocycles. The van der Waals surface area contributed by atoms with E-state index in [4.69, 9.17) is 9.47 Å². The highest BCUT2D eigenvalue weighted by Gasteiger charge is 2.09. The highest BCUT2D eigenvalue weighted by molar-refractivity contribution is 5.25. The van der Waals surface area contributed by atoms with Gasteiger partial charge in [-0.25, -0.2) is 8.78 Å². The molecule has 0 heterocycles. The first kappa shape index (κ1) is 13.9. The van der Waals surface area contributed by atoms with Crippen molar-refractivity contribution in [1.82, 2.24) is 5.32 Å². The fraction of sp³-hybridized carbons (Fsp3) is 0.500. The zero-order valence-electron chi connectivity index (χ0n) is 10.0. The number of halogens is 2. The number of benzene rings is 1. The third-order valence-electron chi connectivity index (χ3n) is 2.14. The zero-order chi connectivity index (χ0) is 12.7. The van der Waals surface area contributed by atoms with E-state index in [1.807, 2.05) is 0 Å². The molecule has 0 aliphatic rings. The Labute approximate surface area is 99.7 Å². The molecule has 1 aromatic carbocycles. The maximum Gasteiger partial charge on any atom is 0.165 e. The largest absolute Gasteiger partial charge is 0.486 e. The van der Waals surface area contributed by atoms with E-state index in [-0.39, 0.29) is 11.9 Å². The Kier molecular flexibility index (Phi) is 5.86. The Bertz CT molecular complexity index is 347. The molecular formula is C12H17F2NO2. The van der Waals surface area contributed by atoms with Gasteiger partial charge < -0.3 is 14.8 Å². The van der Waals surface area contributed by atoms with Crippen molar-refractivity contribution in [1.29, 1.82) is 0 Å². The summed E-state index contributed by atoms with van der Waals surface area (Å²) in [6, 6.07) is 3.15. The Hall–Kier alpha value is -1.20. The van der Waals surface area contributed by atoms with Gasteiger partial charge in [0.1, 0.15) is 11.9 Å². The number of rotatable bonds is 7. The quantitative estimate of drug-likeness (QED) is 0.745. The van der Waals surface area contributed by atoms with Crippen LogP contribution in [0.3, 0.4) is 0 Å². The Balaban J connectivity index is 2.39. The highest BCUT2D eigenvalue weighted by Crippen LogP contribution is 2.19. The molecule has 0 amide bonds. The maximum atomic E-state index is 13.2. The zero-order valence-corrected chi connectivity index (χ0v) is 10.0. The number of hydrogen-bond acceptors (Lipinski definition) is 3. The first-order valence-electron chi connectivity index (χ1n) is 5.45. The molecule has 1 rings (SSSR count). The molecule has 1 atom stereocenters. The van der Waals surface area contributed by atoms with Crippen LogP contribution in [0.25, 0.3) is 0 Å². The van der Waals surface area contributed by atoms with Crippen molar-refractivity contribution >= 4 is 0 Å². The van der Waals surface area contributed by atoms with Gasteiger partial charge in [-0.15, -0.1) is 0 Å². The molecule has 96 valence electrons. The Morgan fingerprint density at radius 1 is 1.35 bits per heavy atom. The van der Waals surface area contributed by atoms with Gasteiger partial charge in [-0.3, -0.25) is 0 Å². The lowest BCUT2D eigenvalue weighted by molar-refractivity contribution is 0.181. The number of hydrogen-bond donors (Lipinski definition) is 1. The van der Waals surface area contributed by atoms with E-state index in [0.29, 0.717) is 19.7 Å². The molecule has 0 saturated heterocycles. The van der Waals surface area contributed by atoms with Crippen molar-refractivity contribution in [3.8, 4) is 5.75 Å². The van der Waals surface area contributed by atoms with Crippen LogP contribution in [0.5, 0.6) is 5.75 Å². The highest BCUT2D eigenvalue weighted by atomic mass is 19.1. The minimum Gasteiger partial charge on any atom is -0.486 e. The fourth-order valence-electron chi connectivity index (χ4n) is 1.31. The van der Waals surface area contributed by atoms with Crippen LogP contribution in [0.4, 0.5) is 8.78 Å². The van der Waals surface area contributed by atoms with Gasteiger partial charge in [-0.1, -0.05) is 0 Å². The standard InChI is InChI=1S/C12H17F2NO2/c1-9(8-15-5-6-16-2)17-12-7-10(13)3-4-11(12)14/h3-4,7,9,15H,5-6,8H2,1-2H3. The lowest BCUT2D eigenvalue weighted by Crippen LogP contribution is -2.31. The van der Waals surface area contributed by atoms with Gasteiger partial charge in [0.05, 0.1) is 6.61 Å². The van der Waals surface area contributed by atoms with Crippen molar-refractivity contribution < 1.29 is 18.3 Å². The predicted molar refractivity (Wildman–Crippen MR) is 61.2 cm³/mol. The number of nitrogens with one attached hydrogen (secondary N) is 1. The molecule has 0 aromatic heterocycles. The maximum absolute atomic E-state index is 13.2. The van der Waals surface area contributed by atoms with E-state index in [1.54, 1.807) is 14.0 Å². The molecule has 0 radical (unpaired) electrons. The molecule has 0 bridgehead atoms. The van der Waals surface area contributed by atoms with Crippen molar-refractivity contribution in [2.45, 2.75) is 13.0 Å². The van der Waals surface area contributed by atoms with E-state index in [9.17, 15) is 8.78 Å². The summed E-state index contributed by atoms with van der Waals surface area (Å²) in [5.74, 6) is -1.14. The van der Waals surface area contributed by atoms with E-state index >= 15 is 0 Å². The second-order valence-electron chi connectivity index (χ2n) is 3.70. The summed E-state index contributed by atoms with van der Waals surface area (Å²) in [6.45, 7) is 3.61. The predicted octanol–water partition coefficient (Wildman–Crippen LogP) is 1.97. The fourth-order valence-corrected chi connectivity index (χ4v) is 1.31. The molecule has 17 heavy (non-hydrogen) atoms. The summed E-state index contributed by atoms with van der Waals surface area (Å²) in [4.78, 5) is 0. The first-order valence-corrected chi connectivity index (χ1v) is 5.45. The second-order valence-corrected chi connectivity index (χ2v) is 3.70. The van der Waals surface area contributed by atoms with Gasteiger partial charge in [0.2, 0.25) is 0 Å². The summed E-state index contributed by atoms with van der Waals surface area (Å²) in [5.41, 5.74) is 0. The van der Waals surface area contributed by atoms with Gasteiger partial charge in [0, 0.05) is 26.3 Å². The van der Waals surface area contributed by atoms with Crippen LogP contribution in [0, 0.1) is 11.6 Å². The third-order valence-corrected chi connectivity index (χ3v) is 2.14. The van der Waals surface area contributed by atoms with Gasteiger partial charge in [-0.2, -0.15) is 0 Å². The molecule has 5 heteroatoms. The van der Waals surface area contributed by atoms with E-state index < -0.39 is 11.6 Å². The first-order chi connectivity index (χ1) is 8.13. The summed E-state index contributed by atoms with van der Waals surface area (Å²) in [6.07, 6.45) is -0.247. The summed E-state index contributed by atoms with van der Waals surface area (Å²) >= 11 is 0. The molecule has 0 aliphatic carbocycles. The summed E-state index contributed by atoms with van der Waals surface area (Å²) in [5, 5.41) is 3.07. The molecule has 0 fully saturated rings. The minimum absolute atomic E-state index is 0.0639. The minimum atomic E-state index is -0.560. The van der Waals surface area contributed by atoms with Crippen LogP contribution in [0.2, 0.25) is 0 Å². The average Bonchev–Trinajstić information content (AvgIpc) is 2.29.